The van der Waals surface area contributed by atoms with Gasteiger partial charge in [-0.1, -0.05) is 30.3 Å². The summed E-state index contributed by atoms with van der Waals surface area (Å²) >= 11 is 0. The zero-order valence-electron chi connectivity index (χ0n) is 24.5. The van der Waals surface area contributed by atoms with Crippen LogP contribution in [-0.2, 0) is 20.8 Å². The summed E-state index contributed by atoms with van der Waals surface area (Å²) in [5, 5.41) is 0. The monoisotopic (exact) mass is 628 g/mol. The standard InChI is InChI=1S/C30H24N6O10/c1-30(2)36(29(38)45-9-16-7-5-4-6-8-16)22(15-46-30)27-34-20(13-44-27)25-32-18(11-42-25)23-31-17(10-40-23)24-33-19(12-41-24)26-35-21(14-43-26)28(37)39-3/h4-8,10-14,22H,9,15H2,1-3H3/t22-/m0/s1. The smallest absolute Gasteiger partial charge is 0.413 e. The molecule has 5 aromatic heterocycles. The van der Waals surface area contributed by atoms with E-state index in [0.717, 1.165) is 11.8 Å². The zero-order chi connectivity index (χ0) is 31.8. The molecule has 1 aromatic carbocycles. The Morgan fingerprint density at radius 3 is 1.93 bits per heavy atom. The minimum atomic E-state index is -0.962. The third-order valence-electron chi connectivity index (χ3n) is 6.98. The number of methoxy groups -OCH3 is 1. The maximum Gasteiger partial charge on any atom is 0.413 e. The van der Waals surface area contributed by atoms with E-state index in [1.54, 1.807) is 13.8 Å². The first-order valence-corrected chi connectivity index (χ1v) is 13.8. The van der Waals surface area contributed by atoms with Gasteiger partial charge in [0.1, 0.15) is 49.7 Å². The van der Waals surface area contributed by atoms with Crippen molar-refractivity contribution in [2.75, 3.05) is 13.7 Å². The van der Waals surface area contributed by atoms with E-state index in [-0.39, 0.29) is 71.1 Å². The van der Waals surface area contributed by atoms with Gasteiger partial charge >= 0.3 is 12.1 Å². The fourth-order valence-electron chi connectivity index (χ4n) is 4.72. The van der Waals surface area contributed by atoms with Crippen LogP contribution < -0.4 is 0 Å². The number of carbonyl (C=O) groups excluding carboxylic acids is 2. The molecule has 7 rings (SSSR count). The number of amides is 1. The van der Waals surface area contributed by atoms with Gasteiger partial charge in [0.15, 0.2) is 28.5 Å². The lowest BCUT2D eigenvalue weighted by atomic mass is 10.2. The predicted octanol–water partition coefficient (Wildman–Crippen LogP) is 5.53. The molecule has 1 fully saturated rings. The molecule has 0 radical (unpaired) electrons. The average Bonchev–Trinajstić information content (AvgIpc) is 3.90. The molecule has 46 heavy (non-hydrogen) atoms. The van der Waals surface area contributed by atoms with Crippen LogP contribution in [-0.4, -0.2) is 61.3 Å². The molecule has 0 bridgehead atoms. The summed E-state index contributed by atoms with van der Waals surface area (Å²) in [5.74, 6) is 0.000312. The van der Waals surface area contributed by atoms with Crippen LogP contribution in [0.1, 0.15) is 41.8 Å². The first-order valence-electron chi connectivity index (χ1n) is 13.8. The largest absolute Gasteiger partial charge is 0.464 e. The number of carbonyl (C=O) groups is 2. The van der Waals surface area contributed by atoms with Crippen molar-refractivity contribution in [1.82, 2.24) is 29.8 Å². The Hall–Kier alpha value is -6.03. The number of hydrogen-bond donors (Lipinski definition) is 0. The molecular formula is C30H24N6O10. The molecule has 1 atom stereocenters. The Morgan fingerprint density at radius 1 is 0.783 bits per heavy atom. The highest BCUT2D eigenvalue weighted by Gasteiger charge is 2.47. The fraction of sp³-hybridized carbons (Fsp3) is 0.233. The molecule has 0 N–H and O–H groups in total. The Bertz CT molecular complexity index is 2000. The number of oxazole rings is 5. The van der Waals surface area contributed by atoms with E-state index in [0.29, 0.717) is 0 Å². The van der Waals surface area contributed by atoms with Gasteiger partial charge in [0.05, 0.1) is 13.7 Å². The molecule has 0 unspecified atom stereocenters. The highest BCUT2D eigenvalue weighted by Crippen LogP contribution is 2.38. The van der Waals surface area contributed by atoms with Crippen molar-refractivity contribution >= 4 is 12.1 Å². The summed E-state index contributed by atoms with van der Waals surface area (Å²) in [7, 11) is 1.24. The van der Waals surface area contributed by atoms with Crippen molar-refractivity contribution in [2.24, 2.45) is 0 Å². The lowest BCUT2D eigenvalue weighted by Gasteiger charge is -2.31. The molecule has 6 heterocycles. The Kier molecular flexibility index (Phi) is 7.17. The van der Waals surface area contributed by atoms with E-state index in [9.17, 15) is 9.59 Å². The maximum absolute atomic E-state index is 13.1. The van der Waals surface area contributed by atoms with Crippen molar-refractivity contribution in [3.63, 3.8) is 0 Å². The molecular weight excluding hydrogens is 604 g/mol. The first kappa shape index (κ1) is 28.7. The number of esters is 1. The van der Waals surface area contributed by atoms with Crippen molar-refractivity contribution in [2.45, 2.75) is 32.2 Å². The van der Waals surface area contributed by atoms with Gasteiger partial charge in [-0.3, -0.25) is 4.90 Å². The van der Waals surface area contributed by atoms with Gasteiger partial charge in [0.25, 0.3) is 0 Å². The third kappa shape index (κ3) is 5.41. The topological polar surface area (TPSA) is 195 Å². The number of nitrogens with zero attached hydrogens (tertiary/aromatic N) is 6. The number of ether oxygens (including phenoxy) is 3. The summed E-state index contributed by atoms with van der Waals surface area (Å²) in [6.07, 6.45) is 5.93. The molecule has 6 aromatic rings. The van der Waals surface area contributed by atoms with Crippen molar-refractivity contribution in [3.05, 3.63) is 78.8 Å². The third-order valence-corrected chi connectivity index (χ3v) is 6.98. The van der Waals surface area contributed by atoms with Gasteiger partial charge in [-0.25, -0.2) is 34.5 Å². The summed E-state index contributed by atoms with van der Waals surface area (Å²) in [4.78, 5) is 47.9. The van der Waals surface area contributed by atoms with E-state index < -0.39 is 23.8 Å². The van der Waals surface area contributed by atoms with Crippen LogP contribution in [0.5, 0.6) is 0 Å². The van der Waals surface area contributed by atoms with Gasteiger partial charge in [-0.2, -0.15) is 0 Å². The van der Waals surface area contributed by atoms with E-state index in [1.165, 1.54) is 37.1 Å². The molecule has 0 aliphatic carbocycles. The molecule has 234 valence electrons. The van der Waals surface area contributed by atoms with Crippen molar-refractivity contribution < 1.29 is 45.9 Å². The van der Waals surface area contributed by atoms with Gasteiger partial charge in [-0.05, 0) is 19.4 Å². The normalized spacial score (nSPS) is 15.7. The fourth-order valence-corrected chi connectivity index (χ4v) is 4.72. The Morgan fingerprint density at radius 2 is 1.33 bits per heavy atom. The predicted molar refractivity (Wildman–Crippen MR) is 151 cm³/mol. The van der Waals surface area contributed by atoms with Crippen LogP contribution in [0.3, 0.4) is 0 Å². The van der Waals surface area contributed by atoms with Crippen LogP contribution >= 0.6 is 0 Å². The Labute approximate surface area is 258 Å². The summed E-state index contributed by atoms with van der Waals surface area (Å²) in [6, 6.07) is 8.72. The minimum Gasteiger partial charge on any atom is -0.464 e. The molecule has 16 heteroatoms. The lowest BCUT2D eigenvalue weighted by Crippen LogP contribution is -2.45. The molecule has 1 amide bonds. The highest BCUT2D eigenvalue weighted by molar-refractivity contribution is 5.87. The second kappa shape index (κ2) is 11.5. The maximum atomic E-state index is 13.1. The molecule has 1 saturated heterocycles. The number of rotatable bonds is 8. The minimum absolute atomic E-state index is 0.00840. The summed E-state index contributed by atoms with van der Waals surface area (Å²) < 4.78 is 43.8. The molecule has 0 spiro atoms. The number of aromatic nitrogens is 5. The zero-order valence-corrected chi connectivity index (χ0v) is 24.5. The first-order chi connectivity index (χ1) is 22.3. The van der Waals surface area contributed by atoms with Gasteiger partial charge in [0.2, 0.25) is 29.5 Å². The van der Waals surface area contributed by atoms with Crippen LogP contribution in [0.15, 0.2) is 83.7 Å². The second-order valence-corrected chi connectivity index (χ2v) is 10.4. The van der Waals surface area contributed by atoms with Crippen LogP contribution in [0, 0.1) is 0 Å². The van der Waals surface area contributed by atoms with Gasteiger partial charge < -0.3 is 36.3 Å². The SMILES string of the molecule is COC(=O)c1coc(-c2coc(-c3coc(-c4coc(-c5coc([C@@H]6COC(C)(C)N6C(=O)OCc6ccccc6)n5)n4)n3)n2)n1. The average molecular weight is 629 g/mol. The number of benzene rings is 1. The summed E-state index contributed by atoms with van der Waals surface area (Å²) in [5.41, 5.74) is 0.932. The van der Waals surface area contributed by atoms with Crippen LogP contribution in [0.25, 0.3) is 46.3 Å². The number of hydrogen-bond acceptors (Lipinski definition) is 15. The van der Waals surface area contributed by atoms with Crippen LogP contribution in [0.4, 0.5) is 4.79 Å². The molecule has 1 aliphatic heterocycles. The van der Waals surface area contributed by atoms with Crippen molar-refractivity contribution in [1.29, 1.82) is 0 Å². The second-order valence-electron chi connectivity index (χ2n) is 10.4. The van der Waals surface area contributed by atoms with E-state index >= 15 is 0 Å². The summed E-state index contributed by atoms with van der Waals surface area (Å²) in [6.45, 7) is 3.78. The van der Waals surface area contributed by atoms with Crippen molar-refractivity contribution in [3.8, 4) is 46.3 Å². The molecule has 16 nitrogen and oxygen atoms in total. The van der Waals surface area contributed by atoms with Crippen LogP contribution in [0.2, 0.25) is 0 Å². The molecule has 1 aliphatic rings. The lowest BCUT2D eigenvalue weighted by molar-refractivity contribution is -0.0500. The van der Waals surface area contributed by atoms with Gasteiger partial charge in [0, 0.05) is 0 Å². The van der Waals surface area contributed by atoms with E-state index in [2.05, 4.69) is 29.7 Å². The van der Waals surface area contributed by atoms with E-state index in [1.807, 2.05) is 30.3 Å². The quantitative estimate of drug-likeness (QED) is 0.191. The van der Waals surface area contributed by atoms with Gasteiger partial charge in [-0.15, -0.1) is 0 Å². The Balaban J connectivity index is 1.05. The van der Waals surface area contributed by atoms with E-state index in [4.69, 9.17) is 31.6 Å². The highest BCUT2D eigenvalue weighted by atomic mass is 16.6. The molecule has 0 saturated carbocycles.